The number of carbonyl (C=O) groups is 2. The second-order valence-electron chi connectivity index (χ2n) is 6.89. The van der Waals surface area contributed by atoms with Crippen LogP contribution in [0.2, 0.25) is 5.02 Å². The lowest BCUT2D eigenvalue weighted by atomic mass is 10.0. The summed E-state index contributed by atoms with van der Waals surface area (Å²) in [5.41, 5.74) is 3.31. The van der Waals surface area contributed by atoms with E-state index in [-0.39, 0.29) is 12.3 Å². The number of aryl methyl sites for hydroxylation is 2. The van der Waals surface area contributed by atoms with Crippen LogP contribution in [-0.4, -0.2) is 23.6 Å². The molecule has 0 unspecified atom stereocenters. The number of carboxylic acid groups (broad SMARTS) is 1. The van der Waals surface area contributed by atoms with Gasteiger partial charge in [0.15, 0.2) is 6.61 Å². The lowest BCUT2D eigenvalue weighted by Gasteiger charge is -2.11. The van der Waals surface area contributed by atoms with Crippen LogP contribution < -0.4 is 10.1 Å². The zero-order chi connectivity index (χ0) is 20.8. The van der Waals surface area contributed by atoms with E-state index in [0.717, 1.165) is 16.7 Å². The molecule has 0 aliphatic heterocycles. The summed E-state index contributed by atoms with van der Waals surface area (Å²) in [6, 6.07) is 11.0. The first-order valence-corrected chi connectivity index (χ1v) is 9.29. The van der Waals surface area contributed by atoms with Crippen molar-refractivity contribution < 1.29 is 19.4 Å². The monoisotopic (exact) mass is 401 g/mol. The largest absolute Gasteiger partial charge is 0.484 e. The van der Waals surface area contributed by atoms with E-state index < -0.39 is 11.9 Å². The minimum Gasteiger partial charge on any atom is -0.484 e. The zero-order valence-electron chi connectivity index (χ0n) is 16.4. The second-order valence-corrected chi connectivity index (χ2v) is 7.27. The van der Waals surface area contributed by atoms with Gasteiger partial charge in [0.2, 0.25) is 0 Å². The van der Waals surface area contributed by atoms with E-state index in [1.807, 2.05) is 38.1 Å². The van der Waals surface area contributed by atoms with E-state index in [1.54, 1.807) is 12.1 Å². The number of hydrogen-bond acceptors (Lipinski definition) is 3. The third-order valence-electron chi connectivity index (χ3n) is 4.20. The van der Waals surface area contributed by atoms with Crippen LogP contribution in [0.5, 0.6) is 5.75 Å². The van der Waals surface area contributed by atoms with Gasteiger partial charge in [0.05, 0.1) is 0 Å². The molecule has 28 heavy (non-hydrogen) atoms. The molecule has 0 atom stereocenters. The highest BCUT2D eigenvalue weighted by molar-refractivity contribution is 6.32. The van der Waals surface area contributed by atoms with Crippen molar-refractivity contribution in [3.05, 3.63) is 69.4 Å². The van der Waals surface area contributed by atoms with Crippen LogP contribution in [0.25, 0.3) is 6.08 Å². The number of carboxylic acids is 1. The molecule has 6 heteroatoms. The minimum atomic E-state index is -1.22. The van der Waals surface area contributed by atoms with Crippen LogP contribution >= 0.6 is 11.6 Å². The summed E-state index contributed by atoms with van der Waals surface area (Å²) in [5.74, 6) is -0.897. The summed E-state index contributed by atoms with van der Waals surface area (Å²) >= 11 is 6.11. The number of carbonyl (C=O) groups excluding carboxylic acids is 1. The molecule has 2 aromatic rings. The van der Waals surface area contributed by atoms with Gasteiger partial charge in [-0.15, -0.1) is 0 Å². The van der Waals surface area contributed by atoms with Crippen LogP contribution in [0.15, 0.2) is 42.1 Å². The Morgan fingerprint density at radius 3 is 2.21 bits per heavy atom. The van der Waals surface area contributed by atoms with Crippen molar-refractivity contribution in [2.24, 2.45) is 0 Å². The van der Waals surface area contributed by atoms with Crippen LogP contribution in [0, 0.1) is 13.8 Å². The fourth-order valence-corrected chi connectivity index (χ4v) is 2.73. The normalized spacial score (nSPS) is 11.4. The summed E-state index contributed by atoms with van der Waals surface area (Å²) in [7, 11) is 0. The molecule has 0 heterocycles. The summed E-state index contributed by atoms with van der Waals surface area (Å²) < 4.78 is 5.47. The highest BCUT2D eigenvalue weighted by atomic mass is 35.5. The molecular formula is C22H24ClNO4. The molecule has 0 spiro atoms. The first-order chi connectivity index (χ1) is 13.2. The Labute approximate surface area is 170 Å². The van der Waals surface area contributed by atoms with Gasteiger partial charge in [-0.25, -0.2) is 4.79 Å². The van der Waals surface area contributed by atoms with Gasteiger partial charge < -0.3 is 15.2 Å². The zero-order valence-corrected chi connectivity index (χ0v) is 17.1. The molecule has 0 aliphatic rings. The van der Waals surface area contributed by atoms with E-state index in [4.69, 9.17) is 16.3 Å². The average molecular weight is 402 g/mol. The van der Waals surface area contributed by atoms with Crippen molar-refractivity contribution >= 4 is 29.6 Å². The Morgan fingerprint density at radius 1 is 1.14 bits per heavy atom. The molecule has 0 saturated carbocycles. The third kappa shape index (κ3) is 5.86. The Hall–Kier alpha value is -2.79. The Morgan fingerprint density at radius 2 is 1.71 bits per heavy atom. The van der Waals surface area contributed by atoms with Gasteiger partial charge in [-0.2, -0.15) is 0 Å². The standard InChI is InChI=1S/C22H24ClNO4/c1-13(2)17-7-5-16(6-8-17)11-19(22(26)27)24-20(25)12-28-18-9-14(3)21(23)15(4)10-18/h5-11,13H,12H2,1-4H3,(H,24,25)(H,26,27)/b19-11+. The highest BCUT2D eigenvalue weighted by Gasteiger charge is 2.13. The molecule has 1 amide bonds. The SMILES string of the molecule is Cc1cc(OCC(=O)N/C(=C/c2ccc(C(C)C)cc2)C(=O)O)cc(C)c1Cl. The summed E-state index contributed by atoms with van der Waals surface area (Å²) in [6.45, 7) is 7.54. The molecule has 2 aromatic carbocycles. The van der Waals surface area contributed by atoms with Crippen molar-refractivity contribution in [2.45, 2.75) is 33.6 Å². The number of amides is 1. The molecule has 148 valence electrons. The van der Waals surface area contributed by atoms with E-state index in [0.29, 0.717) is 22.3 Å². The van der Waals surface area contributed by atoms with Crippen molar-refractivity contribution in [2.75, 3.05) is 6.61 Å². The van der Waals surface area contributed by atoms with Crippen LogP contribution in [-0.2, 0) is 9.59 Å². The molecule has 0 bridgehead atoms. The predicted molar refractivity (Wildman–Crippen MR) is 111 cm³/mol. The first kappa shape index (κ1) is 21.5. The second kappa shape index (κ2) is 9.42. The lowest BCUT2D eigenvalue weighted by molar-refractivity contribution is -0.134. The van der Waals surface area contributed by atoms with Gasteiger partial charge in [0, 0.05) is 5.02 Å². The van der Waals surface area contributed by atoms with Gasteiger partial charge in [-0.3, -0.25) is 4.79 Å². The van der Waals surface area contributed by atoms with Crippen molar-refractivity contribution in [3.63, 3.8) is 0 Å². The number of hydrogen-bond donors (Lipinski definition) is 2. The van der Waals surface area contributed by atoms with E-state index in [9.17, 15) is 14.7 Å². The van der Waals surface area contributed by atoms with Crippen molar-refractivity contribution in [3.8, 4) is 5.75 Å². The van der Waals surface area contributed by atoms with Gasteiger partial charge in [-0.1, -0.05) is 49.7 Å². The topological polar surface area (TPSA) is 75.6 Å². The Balaban J connectivity index is 2.05. The predicted octanol–water partition coefficient (Wildman–Crippen LogP) is 4.70. The molecule has 5 nitrogen and oxygen atoms in total. The summed E-state index contributed by atoms with van der Waals surface area (Å²) in [4.78, 5) is 23.6. The number of ether oxygens (including phenoxy) is 1. The number of aliphatic carboxylic acids is 1. The molecule has 2 N–H and O–H groups in total. The van der Waals surface area contributed by atoms with Gasteiger partial charge in [-0.05, 0) is 60.2 Å². The molecular weight excluding hydrogens is 378 g/mol. The van der Waals surface area contributed by atoms with Crippen LogP contribution in [0.4, 0.5) is 0 Å². The van der Waals surface area contributed by atoms with Crippen LogP contribution in [0.3, 0.4) is 0 Å². The first-order valence-electron chi connectivity index (χ1n) is 8.91. The summed E-state index contributed by atoms with van der Waals surface area (Å²) in [5, 5.41) is 12.4. The quantitative estimate of drug-likeness (QED) is 0.659. The maximum atomic E-state index is 12.1. The highest BCUT2D eigenvalue weighted by Crippen LogP contribution is 2.25. The maximum absolute atomic E-state index is 12.1. The smallest absolute Gasteiger partial charge is 0.352 e. The molecule has 0 aliphatic carbocycles. The van der Waals surface area contributed by atoms with Crippen molar-refractivity contribution in [1.82, 2.24) is 5.32 Å². The number of benzene rings is 2. The molecule has 0 fully saturated rings. The van der Waals surface area contributed by atoms with Gasteiger partial charge >= 0.3 is 5.97 Å². The fourth-order valence-electron chi connectivity index (χ4n) is 2.62. The number of halogens is 1. The molecule has 0 radical (unpaired) electrons. The van der Waals surface area contributed by atoms with Gasteiger partial charge in [0.1, 0.15) is 11.4 Å². The Bertz CT molecular complexity index is 878. The van der Waals surface area contributed by atoms with E-state index in [1.165, 1.54) is 6.08 Å². The van der Waals surface area contributed by atoms with Crippen molar-refractivity contribution in [1.29, 1.82) is 0 Å². The summed E-state index contributed by atoms with van der Waals surface area (Å²) in [6.07, 6.45) is 1.42. The maximum Gasteiger partial charge on any atom is 0.352 e. The minimum absolute atomic E-state index is 0.214. The molecule has 2 rings (SSSR count). The third-order valence-corrected chi connectivity index (χ3v) is 4.79. The fraction of sp³-hybridized carbons (Fsp3) is 0.273. The lowest BCUT2D eigenvalue weighted by Crippen LogP contribution is -2.31. The Kier molecular flexibility index (Phi) is 7.24. The molecule has 0 saturated heterocycles. The number of nitrogens with one attached hydrogen (secondary N) is 1. The van der Waals surface area contributed by atoms with E-state index >= 15 is 0 Å². The van der Waals surface area contributed by atoms with Gasteiger partial charge in [0.25, 0.3) is 5.91 Å². The van der Waals surface area contributed by atoms with Crippen LogP contribution in [0.1, 0.15) is 42.0 Å². The number of rotatable bonds is 7. The average Bonchev–Trinajstić information content (AvgIpc) is 2.64. The molecule has 0 aromatic heterocycles. The van der Waals surface area contributed by atoms with E-state index in [2.05, 4.69) is 19.2 Å².